The Morgan fingerprint density at radius 2 is 2.08 bits per heavy atom. The van der Waals surface area contributed by atoms with Gasteiger partial charge < -0.3 is 0 Å². The summed E-state index contributed by atoms with van der Waals surface area (Å²) in [5.74, 6) is 0. The summed E-state index contributed by atoms with van der Waals surface area (Å²) >= 11 is 1.61. The second-order valence-electron chi connectivity index (χ2n) is 2.58. The van der Waals surface area contributed by atoms with E-state index in [1.54, 1.807) is 11.3 Å². The van der Waals surface area contributed by atoms with Crippen molar-refractivity contribution >= 4 is 23.5 Å². The summed E-state index contributed by atoms with van der Waals surface area (Å²) in [6.07, 6.45) is 4.05. The highest BCUT2D eigenvalue weighted by molar-refractivity contribution is 7.07. The van der Waals surface area contributed by atoms with Crippen molar-refractivity contribution in [2.75, 3.05) is 0 Å². The van der Waals surface area contributed by atoms with Gasteiger partial charge in [-0.2, -0.15) is 0 Å². The summed E-state index contributed by atoms with van der Waals surface area (Å²) in [5, 5.41) is 2.02. The number of rotatable bonds is 2. The van der Waals surface area contributed by atoms with Crippen molar-refractivity contribution < 1.29 is 0 Å². The molecule has 0 saturated heterocycles. The molecule has 0 unspecified atom stereocenters. The van der Waals surface area contributed by atoms with Crippen LogP contribution in [-0.4, -0.2) is 4.98 Å². The van der Waals surface area contributed by atoms with Gasteiger partial charge in [0, 0.05) is 5.38 Å². The van der Waals surface area contributed by atoms with Gasteiger partial charge in [-0.05, 0) is 17.7 Å². The fraction of sp³-hybridized carbons (Fsp3) is 0. The maximum Gasteiger partial charge on any atom is 0.0798 e. The first kappa shape index (κ1) is 8.20. The van der Waals surface area contributed by atoms with Gasteiger partial charge in [0.25, 0.3) is 0 Å². The van der Waals surface area contributed by atoms with E-state index in [0.29, 0.717) is 0 Å². The van der Waals surface area contributed by atoms with Crippen LogP contribution >= 0.6 is 11.3 Å². The maximum atomic E-state index is 4.16. The fourth-order valence-corrected chi connectivity index (χ4v) is 1.52. The van der Waals surface area contributed by atoms with Crippen LogP contribution in [0.15, 0.2) is 35.2 Å². The molecular formula is C11H8NS. The molecule has 2 aromatic rings. The summed E-state index contributed by atoms with van der Waals surface area (Å²) in [4.78, 5) is 4.16. The predicted octanol–water partition coefficient (Wildman–Crippen LogP) is 3.11. The molecule has 0 aliphatic carbocycles. The molecule has 0 amide bonds. The highest BCUT2D eigenvalue weighted by atomic mass is 32.1. The Hall–Kier alpha value is -1.41. The molecule has 2 heteroatoms. The molecule has 1 heterocycles. The fourth-order valence-electron chi connectivity index (χ4n) is 0.997. The van der Waals surface area contributed by atoms with Crippen LogP contribution in [0.1, 0.15) is 11.3 Å². The first-order valence-electron chi connectivity index (χ1n) is 3.97. The minimum atomic E-state index is 1.01. The molecule has 2 rings (SSSR count). The minimum absolute atomic E-state index is 1.01. The Balaban J connectivity index is 2.15. The second-order valence-corrected chi connectivity index (χ2v) is 3.30. The Kier molecular flexibility index (Phi) is 2.53. The van der Waals surface area contributed by atoms with Gasteiger partial charge in [0.2, 0.25) is 0 Å². The smallest absolute Gasteiger partial charge is 0.0798 e. The lowest BCUT2D eigenvalue weighted by molar-refractivity contribution is 1.39. The van der Waals surface area contributed by atoms with Gasteiger partial charge in [0.1, 0.15) is 0 Å². The number of nitrogens with zero attached hydrogens (tertiary/aromatic N) is 1. The number of benzene rings is 1. The van der Waals surface area contributed by atoms with Crippen molar-refractivity contribution in [1.29, 1.82) is 0 Å². The van der Waals surface area contributed by atoms with Gasteiger partial charge in [-0.25, -0.2) is 4.98 Å². The zero-order valence-corrected chi connectivity index (χ0v) is 7.79. The van der Waals surface area contributed by atoms with Crippen LogP contribution in [0.5, 0.6) is 0 Å². The zero-order chi connectivity index (χ0) is 8.93. The van der Waals surface area contributed by atoms with E-state index in [9.17, 15) is 0 Å². The van der Waals surface area contributed by atoms with E-state index in [0.717, 1.165) is 5.69 Å². The minimum Gasteiger partial charge on any atom is -0.245 e. The van der Waals surface area contributed by atoms with Crippen molar-refractivity contribution in [3.63, 3.8) is 0 Å². The van der Waals surface area contributed by atoms with E-state index in [4.69, 9.17) is 0 Å². The first-order chi connectivity index (χ1) is 6.45. The van der Waals surface area contributed by atoms with E-state index >= 15 is 0 Å². The van der Waals surface area contributed by atoms with Gasteiger partial charge in [-0.15, -0.1) is 11.3 Å². The molecule has 1 aromatic heterocycles. The standard InChI is InChI=1S/C11H8NS/c1-2-4-10(5-3-1)6-7-11-8-13-9-12-11/h2-9H/b7-6+. The van der Waals surface area contributed by atoms with Crippen molar-refractivity contribution in [1.82, 2.24) is 4.98 Å². The van der Waals surface area contributed by atoms with E-state index in [1.165, 1.54) is 5.56 Å². The van der Waals surface area contributed by atoms with E-state index in [-0.39, 0.29) is 0 Å². The first-order valence-corrected chi connectivity index (χ1v) is 4.92. The van der Waals surface area contributed by atoms with Crippen LogP contribution in [0.4, 0.5) is 0 Å². The normalized spacial score (nSPS) is 10.8. The summed E-state index contributed by atoms with van der Waals surface area (Å²) in [6.45, 7) is 0. The van der Waals surface area contributed by atoms with Crippen LogP contribution in [-0.2, 0) is 0 Å². The molecule has 0 bridgehead atoms. The highest BCUT2D eigenvalue weighted by Gasteiger charge is 1.87. The Morgan fingerprint density at radius 3 is 2.77 bits per heavy atom. The molecule has 13 heavy (non-hydrogen) atoms. The predicted molar refractivity (Wildman–Crippen MR) is 56.3 cm³/mol. The molecule has 0 fully saturated rings. The monoisotopic (exact) mass is 186 g/mol. The van der Waals surface area contributed by atoms with Crippen LogP contribution in [0.25, 0.3) is 12.2 Å². The Morgan fingerprint density at radius 1 is 1.23 bits per heavy atom. The topological polar surface area (TPSA) is 12.9 Å². The van der Waals surface area contributed by atoms with Crippen LogP contribution in [0.2, 0.25) is 0 Å². The lowest BCUT2D eigenvalue weighted by Gasteiger charge is -1.88. The van der Waals surface area contributed by atoms with Gasteiger partial charge in [0.05, 0.1) is 11.2 Å². The van der Waals surface area contributed by atoms with E-state index < -0.39 is 0 Å². The molecule has 1 radical (unpaired) electrons. The largest absolute Gasteiger partial charge is 0.245 e. The number of thiazole rings is 1. The number of hydrogen-bond acceptors (Lipinski definition) is 2. The van der Waals surface area contributed by atoms with E-state index in [2.05, 4.69) is 11.1 Å². The summed E-state index contributed by atoms with van der Waals surface area (Å²) in [7, 11) is 0. The molecule has 0 N–H and O–H groups in total. The second kappa shape index (κ2) is 4.01. The van der Waals surface area contributed by atoms with Crippen molar-refractivity contribution in [3.8, 4) is 0 Å². The zero-order valence-electron chi connectivity index (χ0n) is 6.97. The van der Waals surface area contributed by atoms with Crippen molar-refractivity contribution in [2.45, 2.75) is 0 Å². The van der Waals surface area contributed by atoms with Gasteiger partial charge >= 0.3 is 0 Å². The quantitative estimate of drug-likeness (QED) is 0.702. The van der Waals surface area contributed by atoms with E-state index in [1.807, 2.05) is 47.3 Å². The van der Waals surface area contributed by atoms with Gasteiger partial charge in [-0.1, -0.05) is 30.3 Å². The van der Waals surface area contributed by atoms with Crippen LogP contribution < -0.4 is 0 Å². The summed E-state index contributed by atoms with van der Waals surface area (Å²) in [6, 6.07) is 10.8. The molecule has 0 saturated carbocycles. The molecule has 0 aliphatic rings. The molecule has 1 aromatic carbocycles. The van der Waals surface area contributed by atoms with Crippen LogP contribution in [0, 0.1) is 6.07 Å². The molecule has 63 valence electrons. The number of aromatic nitrogens is 1. The summed E-state index contributed by atoms with van der Waals surface area (Å²) < 4.78 is 0. The Labute approximate surface area is 81.4 Å². The van der Waals surface area contributed by atoms with Gasteiger partial charge in [-0.3, -0.25) is 0 Å². The average Bonchev–Trinajstić information content (AvgIpc) is 2.69. The number of hydrogen-bond donors (Lipinski definition) is 0. The van der Waals surface area contributed by atoms with Gasteiger partial charge in [0.15, 0.2) is 0 Å². The third kappa shape index (κ3) is 2.26. The maximum absolute atomic E-state index is 4.16. The molecular weight excluding hydrogens is 178 g/mol. The van der Waals surface area contributed by atoms with Crippen molar-refractivity contribution in [2.24, 2.45) is 0 Å². The average molecular weight is 186 g/mol. The molecule has 1 nitrogen and oxygen atoms in total. The third-order valence-corrected chi connectivity index (χ3v) is 2.25. The lowest BCUT2D eigenvalue weighted by Crippen LogP contribution is -1.70. The highest BCUT2D eigenvalue weighted by Crippen LogP contribution is 2.07. The molecule has 0 spiro atoms. The van der Waals surface area contributed by atoms with Crippen LogP contribution in [0.3, 0.4) is 0 Å². The third-order valence-electron chi connectivity index (χ3n) is 1.64. The SMILES string of the molecule is [c]1ccc(/C=C/c2cscn2)cc1. The Bertz CT molecular complexity index is 376. The summed E-state index contributed by atoms with van der Waals surface area (Å²) in [5.41, 5.74) is 4.02. The van der Waals surface area contributed by atoms with Crippen molar-refractivity contribution in [3.05, 3.63) is 52.5 Å². The molecule has 0 atom stereocenters. The molecule has 0 aliphatic heterocycles. The lowest BCUT2D eigenvalue weighted by atomic mass is 10.2.